The van der Waals surface area contributed by atoms with Crippen LogP contribution < -0.4 is 0 Å². The zero-order chi connectivity index (χ0) is 12.0. The number of carboxylic acid groups (broad SMARTS) is 1. The molecule has 0 aromatic rings. The third-order valence-electron chi connectivity index (χ3n) is 4.58. The average molecular weight is 238 g/mol. The number of hydrogen-bond donors (Lipinski definition) is 1. The molecule has 3 rings (SSSR count). The number of carbonyl (C=O) groups is 1. The zero-order valence-electron chi connectivity index (χ0n) is 10.5. The van der Waals surface area contributed by atoms with Gasteiger partial charge in [0.25, 0.3) is 0 Å². The van der Waals surface area contributed by atoms with Crippen LogP contribution in [0.5, 0.6) is 0 Å². The number of nitrogens with zero attached hydrogens (tertiary/aromatic N) is 2. The molecule has 0 bridgehead atoms. The Morgan fingerprint density at radius 3 is 2.53 bits per heavy atom. The Labute approximate surface area is 103 Å². The van der Waals surface area contributed by atoms with E-state index >= 15 is 0 Å². The molecule has 0 radical (unpaired) electrons. The van der Waals surface area contributed by atoms with Crippen molar-refractivity contribution >= 4 is 5.97 Å². The predicted molar refractivity (Wildman–Crippen MR) is 64.9 cm³/mol. The highest BCUT2D eigenvalue weighted by molar-refractivity contribution is 5.67. The predicted octanol–water partition coefficient (Wildman–Crippen LogP) is 1.02. The summed E-state index contributed by atoms with van der Waals surface area (Å²) in [7, 11) is 0. The molecule has 3 fully saturated rings. The molecular weight excluding hydrogens is 216 g/mol. The van der Waals surface area contributed by atoms with Gasteiger partial charge in [-0.05, 0) is 32.1 Å². The highest BCUT2D eigenvalue weighted by Gasteiger charge is 2.43. The summed E-state index contributed by atoms with van der Waals surface area (Å²) in [6.07, 6.45) is 4.40. The number of aliphatic carboxylic acids is 1. The first-order valence-electron chi connectivity index (χ1n) is 6.85. The summed E-state index contributed by atoms with van der Waals surface area (Å²) < 4.78 is 0. The SMILES string of the molecule is CC1CC(N2CC(CC(=O)O)C2)CN1C1CC1. The zero-order valence-corrected chi connectivity index (χ0v) is 10.5. The Bertz CT molecular complexity index is 311. The molecule has 0 aromatic heterocycles. The van der Waals surface area contributed by atoms with Crippen molar-refractivity contribution < 1.29 is 9.90 Å². The highest BCUT2D eigenvalue weighted by Crippen LogP contribution is 2.36. The van der Waals surface area contributed by atoms with Gasteiger partial charge in [-0.15, -0.1) is 0 Å². The van der Waals surface area contributed by atoms with Crippen molar-refractivity contribution in [1.29, 1.82) is 0 Å². The van der Waals surface area contributed by atoms with Crippen LogP contribution in [0.3, 0.4) is 0 Å². The van der Waals surface area contributed by atoms with Crippen LogP contribution in [-0.4, -0.2) is 58.6 Å². The van der Waals surface area contributed by atoms with E-state index in [9.17, 15) is 4.79 Å². The number of carboxylic acids is 1. The maximum Gasteiger partial charge on any atom is 0.303 e. The molecule has 2 saturated heterocycles. The summed E-state index contributed by atoms with van der Waals surface area (Å²) >= 11 is 0. The van der Waals surface area contributed by atoms with E-state index in [4.69, 9.17) is 5.11 Å². The second-order valence-electron chi connectivity index (χ2n) is 6.08. The van der Waals surface area contributed by atoms with Crippen LogP contribution >= 0.6 is 0 Å². The van der Waals surface area contributed by atoms with Crippen LogP contribution in [0.25, 0.3) is 0 Å². The molecule has 1 aliphatic carbocycles. The Morgan fingerprint density at radius 1 is 1.24 bits per heavy atom. The molecule has 0 spiro atoms. The molecule has 0 amide bonds. The average Bonchev–Trinajstić information content (AvgIpc) is 2.96. The minimum atomic E-state index is -0.644. The molecule has 2 heterocycles. The maximum atomic E-state index is 10.6. The van der Waals surface area contributed by atoms with E-state index in [1.54, 1.807) is 0 Å². The summed E-state index contributed by atoms with van der Waals surface area (Å²) in [6.45, 7) is 5.56. The lowest BCUT2D eigenvalue weighted by molar-refractivity contribution is -0.139. The molecule has 96 valence electrons. The standard InChI is InChI=1S/C13H22N2O2/c1-9-4-12(8-15(9)11-2-3-11)14-6-10(7-14)5-13(16)17/h9-12H,2-8H2,1H3,(H,16,17). The fourth-order valence-electron chi connectivity index (χ4n) is 3.49. The van der Waals surface area contributed by atoms with Crippen LogP contribution in [0.2, 0.25) is 0 Å². The van der Waals surface area contributed by atoms with E-state index in [1.165, 1.54) is 25.8 Å². The van der Waals surface area contributed by atoms with Crippen molar-refractivity contribution in [2.75, 3.05) is 19.6 Å². The fraction of sp³-hybridized carbons (Fsp3) is 0.923. The minimum absolute atomic E-state index is 0.352. The molecule has 1 saturated carbocycles. The van der Waals surface area contributed by atoms with Crippen LogP contribution in [-0.2, 0) is 4.79 Å². The number of rotatable bonds is 4. The summed E-state index contributed by atoms with van der Waals surface area (Å²) in [4.78, 5) is 15.8. The van der Waals surface area contributed by atoms with E-state index in [2.05, 4.69) is 16.7 Å². The number of hydrogen-bond acceptors (Lipinski definition) is 3. The molecule has 1 N–H and O–H groups in total. The van der Waals surface area contributed by atoms with Crippen molar-refractivity contribution in [3.8, 4) is 0 Å². The van der Waals surface area contributed by atoms with Crippen LogP contribution in [0, 0.1) is 5.92 Å². The summed E-state index contributed by atoms with van der Waals surface area (Å²) in [6, 6.07) is 2.28. The van der Waals surface area contributed by atoms with Gasteiger partial charge in [-0.25, -0.2) is 0 Å². The van der Waals surface area contributed by atoms with Gasteiger partial charge < -0.3 is 5.11 Å². The van der Waals surface area contributed by atoms with Gasteiger partial charge in [0.1, 0.15) is 0 Å². The second kappa shape index (κ2) is 4.25. The van der Waals surface area contributed by atoms with E-state index in [-0.39, 0.29) is 0 Å². The van der Waals surface area contributed by atoms with Gasteiger partial charge in [0.15, 0.2) is 0 Å². The smallest absolute Gasteiger partial charge is 0.303 e. The first-order chi connectivity index (χ1) is 8.13. The van der Waals surface area contributed by atoms with Crippen molar-refractivity contribution in [3.63, 3.8) is 0 Å². The maximum absolute atomic E-state index is 10.6. The monoisotopic (exact) mass is 238 g/mol. The van der Waals surface area contributed by atoms with Gasteiger partial charge in [0.05, 0.1) is 6.42 Å². The van der Waals surface area contributed by atoms with Gasteiger partial charge in [0.2, 0.25) is 0 Å². The third-order valence-corrected chi connectivity index (χ3v) is 4.58. The van der Waals surface area contributed by atoms with E-state index in [1.807, 2.05) is 0 Å². The van der Waals surface area contributed by atoms with Crippen molar-refractivity contribution in [1.82, 2.24) is 9.80 Å². The first kappa shape index (κ1) is 11.5. The molecule has 4 heteroatoms. The van der Waals surface area contributed by atoms with Crippen LogP contribution in [0.15, 0.2) is 0 Å². The van der Waals surface area contributed by atoms with E-state index < -0.39 is 5.97 Å². The molecular formula is C13H22N2O2. The summed E-state index contributed by atoms with van der Waals surface area (Å²) in [5.74, 6) is -0.244. The molecule has 17 heavy (non-hydrogen) atoms. The Kier molecular flexibility index (Phi) is 2.87. The molecule has 2 aliphatic heterocycles. The lowest BCUT2D eigenvalue weighted by Gasteiger charge is -2.42. The molecule has 2 unspecified atom stereocenters. The van der Waals surface area contributed by atoms with Crippen molar-refractivity contribution in [3.05, 3.63) is 0 Å². The van der Waals surface area contributed by atoms with Gasteiger partial charge in [-0.3, -0.25) is 14.6 Å². The molecule has 4 nitrogen and oxygen atoms in total. The Morgan fingerprint density at radius 2 is 1.94 bits per heavy atom. The van der Waals surface area contributed by atoms with E-state index in [0.29, 0.717) is 18.4 Å². The van der Waals surface area contributed by atoms with Crippen LogP contribution in [0.4, 0.5) is 0 Å². The lowest BCUT2D eigenvalue weighted by atomic mass is 9.93. The molecule has 3 aliphatic rings. The third kappa shape index (κ3) is 2.33. The quantitative estimate of drug-likeness (QED) is 0.794. The first-order valence-corrected chi connectivity index (χ1v) is 6.85. The summed E-state index contributed by atoms with van der Waals surface area (Å²) in [5.41, 5.74) is 0. The topological polar surface area (TPSA) is 43.8 Å². The second-order valence-corrected chi connectivity index (χ2v) is 6.08. The molecule has 2 atom stereocenters. The molecule has 0 aromatic carbocycles. The van der Waals surface area contributed by atoms with Gasteiger partial charge in [0, 0.05) is 37.8 Å². The normalized spacial score (nSPS) is 36.1. The van der Waals surface area contributed by atoms with Gasteiger partial charge in [-0.1, -0.05) is 0 Å². The highest BCUT2D eigenvalue weighted by atomic mass is 16.4. The van der Waals surface area contributed by atoms with Gasteiger partial charge in [-0.2, -0.15) is 0 Å². The lowest BCUT2D eigenvalue weighted by Crippen LogP contribution is -2.53. The van der Waals surface area contributed by atoms with Gasteiger partial charge >= 0.3 is 5.97 Å². The van der Waals surface area contributed by atoms with E-state index in [0.717, 1.165) is 25.2 Å². The fourth-order valence-corrected chi connectivity index (χ4v) is 3.49. The van der Waals surface area contributed by atoms with Crippen molar-refractivity contribution in [2.45, 2.75) is 50.7 Å². The largest absolute Gasteiger partial charge is 0.481 e. The Balaban J connectivity index is 1.46. The van der Waals surface area contributed by atoms with Crippen LogP contribution in [0.1, 0.15) is 32.6 Å². The minimum Gasteiger partial charge on any atom is -0.481 e. The summed E-state index contributed by atoms with van der Waals surface area (Å²) in [5, 5.41) is 8.74. The Hall–Kier alpha value is -0.610. The number of likely N-dealkylation sites (tertiary alicyclic amines) is 2. The van der Waals surface area contributed by atoms with Crippen molar-refractivity contribution in [2.24, 2.45) is 5.92 Å².